The number of anilines is 1. The van der Waals surface area contributed by atoms with E-state index in [-0.39, 0.29) is 11.8 Å². The molecule has 4 nitrogen and oxygen atoms in total. The lowest BCUT2D eigenvalue weighted by Gasteiger charge is -2.31. The molecule has 0 atom stereocenters. The Morgan fingerprint density at radius 2 is 2.00 bits per heavy atom. The summed E-state index contributed by atoms with van der Waals surface area (Å²) in [7, 11) is 0. The summed E-state index contributed by atoms with van der Waals surface area (Å²) in [6.07, 6.45) is 3.49. The quantitative estimate of drug-likeness (QED) is 0.861. The number of carbonyl (C=O) groups is 1. The van der Waals surface area contributed by atoms with Gasteiger partial charge in [-0.1, -0.05) is 24.3 Å². The Kier molecular flexibility index (Phi) is 5.63. The Labute approximate surface area is 151 Å². The van der Waals surface area contributed by atoms with Crippen molar-refractivity contribution in [2.75, 3.05) is 18.4 Å². The summed E-state index contributed by atoms with van der Waals surface area (Å²) in [6.45, 7) is 5.04. The Morgan fingerprint density at radius 3 is 2.67 bits per heavy atom. The SMILES string of the molecule is Cc1ccccc1CN1CCC(C(=O)Nc2ccc(Br)cn2)CC1. The molecule has 1 amide bonds. The summed E-state index contributed by atoms with van der Waals surface area (Å²) in [4.78, 5) is 19.0. The molecule has 1 aromatic heterocycles. The highest BCUT2D eigenvalue weighted by Gasteiger charge is 2.25. The second kappa shape index (κ2) is 7.90. The summed E-state index contributed by atoms with van der Waals surface area (Å²) in [5.41, 5.74) is 2.71. The maximum absolute atomic E-state index is 12.4. The molecule has 0 bridgehead atoms. The van der Waals surface area contributed by atoms with E-state index in [1.807, 2.05) is 12.1 Å². The molecule has 5 heteroatoms. The number of benzene rings is 1. The molecule has 1 saturated heterocycles. The van der Waals surface area contributed by atoms with Crippen LogP contribution in [0.3, 0.4) is 0 Å². The number of piperidine rings is 1. The van der Waals surface area contributed by atoms with Crippen molar-refractivity contribution in [3.63, 3.8) is 0 Å². The molecule has 0 radical (unpaired) electrons. The van der Waals surface area contributed by atoms with Gasteiger partial charge in [0.1, 0.15) is 5.82 Å². The predicted molar refractivity (Wildman–Crippen MR) is 99.7 cm³/mol. The molecule has 126 valence electrons. The molecular formula is C19H22BrN3O. The highest BCUT2D eigenvalue weighted by atomic mass is 79.9. The number of aromatic nitrogens is 1. The fourth-order valence-corrected chi connectivity index (χ4v) is 3.29. The van der Waals surface area contributed by atoms with Crippen molar-refractivity contribution >= 4 is 27.7 Å². The van der Waals surface area contributed by atoms with Gasteiger partial charge in [-0.2, -0.15) is 0 Å². The Hall–Kier alpha value is -1.72. The van der Waals surface area contributed by atoms with Gasteiger partial charge in [0.15, 0.2) is 0 Å². The average Bonchev–Trinajstić information content (AvgIpc) is 2.59. The Bertz CT molecular complexity index is 694. The highest BCUT2D eigenvalue weighted by Crippen LogP contribution is 2.21. The number of hydrogen-bond donors (Lipinski definition) is 1. The van der Waals surface area contributed by atoms with Crippen LogP contribution in [0.15, 0.2) is 47.1 Å². The van der Waals surface area contributed by atoms with Gasteiger partial charge in [-0.3, -0.25) is 9.69 Å². The largest absolute Gasteiger partial charge is 0.310 e. The summed E-state index contributed by atoms with van der Waals surface area (Å²) >= 11 is 3.35. The first-order valence-corrected chi connectivity index (χ1v) is 9.10. The van der Waals surface area contributed by atoms with Crippen molar-refractivity contribution in [1.82, 2.24) is 9.88 Å². The lowest BCUT2D eigenvalue weighted by atomic mass is 9.95. The summed E-state index contributed by atoms with van der Waals surface area (Å²) in [5, 5.41) is 2.92. The van der Waals surface area contributed by atoms with Gasteiger partial charge in [-0.05, 0) is 72.0 Å². The third kappa shape index (κ3) is 4.42. The standard InChI is InChI=1S/C19H22BrN3O/c1-14-4-2-3-5-16(14)13-23-10-8-15(9-11-23)19(24)22-18-7-6-17(20)12-21-18/h2-7,12,15H,8-11,13H2,1H3,(H,21,22,24). The zero-order valence-corrected chi connectivity index (χ0v) is 15.4. The lowest BCUT2D eigenvalue weighted by Crippen LogP contribution is -2.38. The van der Waals surface area contributed by atoms with Crippen LogP contribution in [0.4, 0.5) is 5.82 Å². The minimum atomic E-state index is 0.0727. The molecule has 2 aromatic rings. The second-order valence-corrected chi connectivity index (χ2v) is 7.24. The van der Waals surface area contributed by atoms with Crippen LogP contribution in [-0.2, 0) is 11.3 Å². The number of hydrogen-bond acceptors (Lipinski definition) is 3. The first-order chi connectivity index (χ1) is 11.6. The van der Waals surface area contributed by atoms with Crippen LogP contribution in [0.1, 0.15) is 24.0 Å². The van der Waals surface area contributed by atoms with E-state index in [9.17, 15) is 4.79 Å². The van der Waals surface area contributed by atoms with Gasteiger partial charge < -0.3 is 5.32 Å². The van der Waals surface area contributed by atoms with Crippen LogP contribution in [0, 0.1) is 12.8 Å². The third-order valence-corrected chi connectivity index (χ3v) is 5.06. The van der Waals surface area contributed by atoms with Crippen LogP contribution in [0.5, 0.6) is 0 Å². The number of halogens is 1. The molecule has 1 fully saturated rings. The van der Waals surface area contributed by atoms with Crippen molar-refractivity contribution in [1.29, 1.82) is 0 Å². The fourth-order valence-electron chi connectivity index (χ4n) is 3.06. The van der Waals surface area contributed by atoms with Gasteiger partial charge in [-0.25, -0.2) is 4.98 Å². The zero-order valence-electron chi connectivity index (χ0n) is 13.8. The molecule has 0 saturated carbocycles. The van der Waals surface area contributed by atoms with E-state index in [1.54, 1.807) is 6.20 Å². The second-order valence-electron chi connectivity index (χ2n) is 6.33. The number of likely N-dealkylation sites (tertiary alicyclic amines) is 1. The average molecular weight is 388 g/mol. The topological polar surface area (TPSA) is 45.2 Å². The molecule has 0 aliphatic carbocycles. The van der Waals surface area contributed by atoms with Gasteiger partial charge >= 0.3 is 0 Å². The van der Waals surface area contributed by atoms with Crippen LogP contribution >= 0.6 is 15.9 Å². The van der Waals surface area contributed by atoms with Crippen molar-refractivity contribution in [3.8, 4) is 0 Å². The van der Waals surface area contributed by atoms with E-state index in [4.69, 9.17) is 0 Å². The monoisotopic (exact) mass is 387 g/mol. The van der Waals surface area contributed by atoms with Crippen LogP contribution in [0.25, 0.3) is 0 Å². The molecule has 1 aliphatic rings. The zero-order chi connectivity index (χ0) is 16.9. The Balaban J connectivity index is 1.50. The van der Waals surface area contributed by atoms with Gasteiger partial charge in [-0.15, -0.1) is 0 Å². The Morgan fingerprint density at radius 1 is 1.25 bits per heavy atom. The predicted octanol–water partition coefficient (Wildman–Crippen LogP) is 4.00. The minimum absolute atomic E-state index is 0.0727. The smallest absolute Gasteiger partial charge is 0.228 e. The van der Waals surface area contributed by atoms with Crippen molar-refractivity contribution in [3.05, 3.63) is 58.2 Å². The van der Waals surface area contributed by atoms with Gasteiger partial charge in [0.05, 0.1) is 0 Å². The molecule has 1 aliphatic heterocycles. The van der Waals surface area contributed by atoms with E-state index in [0.29, 0.717) is 5.82 Å². The van der Waals surface area contributed by atoms with Crippen LogP contribution in [0.2, 0.25) is 0 Å². The van der Waals surface area contributed by atoms with Crippen LogP contribution < -0.4 is 5.32 Å². The normalized spacial score (nSPS) is 16.1. The molecule has 1 N–H and O–H groups in total. The number of rotatable bonds is 4. The number of nitrogens with one attached hydrogen (secondary N) is 1. The molecule has 1 aromatic carbocycles. The minimum Gasteiger partial charge on any atom is -0.310 e. The molecule has 0 spiro atoms. The first-order valence-electron chi connectivity index (χ1n) is 8.31. The van der Waals surface area contributed by atoms with E-state index >= 15 is 0 Å². The van der Waals surface area contributed by atoms with E-state index in [2.05, 4.69) is 62.3 Å². The van der Waals surface area contributed by atoms with E-state index in [0.717, 1.165) is 36.9 Å². The van der Waals surface area contributed by atoms with Crippen molar-refractivity contribution < 1.29 is 4.79 Å². The number of pyridine rings is 1. The van der Waals surface area contributed by atoms with E-state index < -0.39 is 0 Å². The molecule has 3 rings (SSSR count). The van der Waals surface area contributed by atoms with E-state index in [1.165, 1.54) is 11.1 Å². The number of nitrogens with zero attached hydrogens (tertiary/aromatic N) is 2. The van der Waals surface area contributed by atoms with Crippen molar-refractivity contribution in [2.45, 2.75) is 26.3 Å². The molecule has 0 unspecified atom stereocenters. The fraction of sp³-hybridized carbons (Fsp3) is 0.368. The van der Waals surface area contributed by atoms with Crippen molar-refractivity contribution in [2.24, 2.45) is 5.92 Å². The molecule has 2 heterocycles. The van der Waals surface area contributed by atoms with Gasteiger partial charge in [0.25, 0.3) is 0 Å². The lowest BCUT2D eigenvalue weighted by molar-refractivity contribution is -0.121. The number of carbonyl (C=O) groups excluding carboxylic acids is 1. The van der Waals surface area contributed by atoms with Gasteiger partial charge in [0, 0.05) is 23.1 Å². The number of aryl methyl sites for hydroxylation is 1. The van der Waals surface area contributed by atoms with Gasteiger partial charge in [0.2, 0.25) is 5.91 Å². The summed E-state index contributed by atoms with van der Waals surface area (Å²) < 4.78 is 0.907. The molecular weight excluding hydrogens is 366 g/mol. The molecule has 24 heavy (non-hydrogen) atoms. The maximum atomic E-state index is 12.4. The summed E-state index contributed by atoms with van der Waals surface area (Å²) in [5.74, 6) is 0.773. The highest BCUT2D eigenvalue weighted by molar-refractivity contribution is 9.10. The first kappa shape index (κ1) is 17.1. The maximum Gasteiger partial charge on any atom is 0.228 e. The number of amides is 1. The third-order valence-electron chi connectivity index (χ3n) is 4.59. The van der Waals surface area contributed by atoms with Crippen LogP contribution in [-0.4, -0.2) is 28.9 Å². The summed E-state index contributed by atoms with van der Waals surface area (Å²) in [6, 6.07) is 12.2.